The first-order chi connectivity index (χ1) is 9.15. The lowest BCUT2D eigenvalue weighted by atomic mass is 10.3. The number of rotatable bonds is 4. The number of amides is 1. The van der Waals surface area contributed by atoms with Crippen LogP contribution in [0.2, 0.25) is 0 Å². The molecule has 2 aromatic rings. The Labute approximate surface area is 116 Å². The number of nitrogen functional groups attached to an aromatic ring is 1. The first-order valence-corrected chi connectivity index (χ1v) is 7.28. The maximum Gasteiger partial charge on any atom is 0.271 e. The van der Waals surface area contributed by atoms with Gasteiger partial charge in [-0.05, 0) is 30.4 Å². The van der Waals surface area contributed by atoms with Crippen LogP contribution in [0.5, 0.6) is 0 Å². The number of aromatic nitrogens is 1. The number of aryl methyl sites for hydroxylation is 1. The van der Waals surface area contributed by atoms with Gasteiger partial charge in [0.05, 0.1) is 12.2 Å². The molecule has 2 N–H and O–H groups in total. The van der Waals surface area contributed by atoms with Crippen LogP contribution in [0.3, 0.4) is 0 Å². The Hall–Kier alpha value is -1.75. The highest BCUT2D eigenvalue weighted by Crippen LogP contribution is 2.31. The van der Waals surface area contributed by atoms with Crippen LogP contribution in [0, 0.1) is 0 Å². The highest BCUT2D eigenvalue weighted by Gasteiger charge is 2.34. The van der Waals surface area contributed by atoms with E-state index in [9.17, 15) is 4.79 Å². The fourth-order valence-electron chi connectivity index (χ4n) is 2.27. The average Bonchev–Trinajstić information content (AvgIpc) is 2.97. The molecule has 0 spiro atoms. The van der Waals surface area contributed by atoms with E-state index in [4.69, 9.17) is 5.73 Å². The van der Waals surface area contributed by atoms with Crippen molar-refractivity contribution in [3.63, 3.8) is 0 Å². The van der Waals surface area contributed by atoms with Gasteiger partial charge in [0.2, 0.25) is 0 Å². The van der Waals surface area contributed by atoms with Gasteiger partial charge in [-0.25, -0.2) is 0 Å². The zero-order valence-electron chi connectivity index (χ0n) is 10.9. The Balaban J connectivity index is 1.84. The van der Waals surface area contributed by atoms with Gasteiger partial charge in [-0.3, -0.25) is 4.79 Å². The Morgan fingerprint density at radius 3 is 2.89 bits per heavy atom. The molecule has 1 aliphatic carbocycles. The molecular formula is C14H17N3OS. The number of nitrogens with two attached hydrogens (primary N) is 1. The van der Waals surface area contributed by atoms with Crippen molar-refractivity contribution in [3.05, 3.63) is 40.3 Å². The van der Waals surface area contributed by atoms with Crippen LogP contribution >= 0.6 is 11.3 Å². The lowest BCUT2D eigenvalue weighted by Crippen LogP contribution is -2.33. The number of thiophene rings is 1. The standard InChI is InChI=1S/C14H17N3OS/c1-16-8-10(15)7-13(16)14(18)17(11-4-5-11)9-12-3-2-6-19-12/h2-3,6-8,11H,4-5,9,15H2,1H3. The molecule has 2 aromatic heterocycles. The molecule has 2 heterocycles. The molecule has 0 unspecified atom stereocenters. The highest BCUT2D eigenvalue weighted by molar-refractivity contribution is 7.09. The smallest absolute Gasteiger partial charge is 0.271 e. The molecule has 0 radical (unpaired) electrons. The Morgan fingerprint density at radius 2 is 2.37 bits per heavy atom. The maximum absolute atomic E-state index is 12.6. The third-order valence-electron chi connectivity index (χ3n) is 3.40. The summed E-state index contributed by atoms with van der Waals surface area (Å²) in [6.07, 6.45) is 4.00. The van der Waals surface area contributed by atoms with Crippen molar-refractivity contribution in [3.8, 4) is 0 Å². The van der Waals surface area contributed by atoms with Gasteiger partial charge in [-0.1, -0.05) is 6.07 Å². The van der Waals surface area contributed by atoms with Crippen LogP contribution in [0.1, 0.15) is 28.2 Å². The van der Waals surface area contributed by atoms with E-state index in [1.807, 2.05) is 28.0 Å². The second kappa shape index (κ2) is 4.74. The molecule has 1 fully saturated rings. The molecule has 0 atom stereocenters. The number of hydrogen-bond acceptors (Lipinski definition) is 3. The van der Waals surface area contributed by atoms with E-state index in [0.29, 0.717) is 24.0 Å². The molecule has 0 aromatic carbocycles. The molecule has 0 bridgehead atoms. The number of nitrogens with zero attached hydrogens (tertiary/aromatic N) is 2. The monoisotopic (exact) mass is 275 g/mol. The van der Waals surface area contributed by atoms with Gasteiger partial charge in [0, 0.05) is 24.2 Å². The minimum Gasteiger partial charge on any atom is -0.397 e. The predicted octanol–water partition coefficient (Wildman–Crippen LogP) is 2.47. The highest BCUT2D eigenvalue weighted by atomic mass is 32.1. The molecule has 4 nitrogen and oxygen atoms in total. The summed E-state index contributed by atoms with van der Waals surface area (Å²) in [5.41, 5.74) is 7.06. The predicted molar refractivity (Wildman–Crippen MR) is 77.0 cm³/mol. The molecule has 100 valence electrons. The topological polar surface area (TPSA) is 51.3 Å². The minimum absolute atomic E-state index is 0.0788. The minimum atomic E-state index is 0.0788. The van der Waals surface area contributed by atoms with E-state index in [0.717, 1.165) is 12.8 Å². The Kier molecular flexibility index (Phi) is 3.06. The van der Waals surface area contributed by atoms with Gasteiger partial charge < -0.3 is 15.2 Å². The molecule has 5 heteroatoms. The molecule has 1 amide bonds. The quantitative estimate of drug-likeness (QED) is 0.932. The summed E-state index contributed by atoms with van der Waals surface area (Å²) in [5.74, 6) is 0.0788. The van der Waals surface area contributed by atoms with E-state index in [-0.39, 0.29) is 5.91 Å². The van der Waals surface area contributed by atoms with Gasteiger partial charge >= 0.3 is 0 Å². The van der Waals surface area contributed by atoms with Crippen LogP contribution < -0.4 is 5.73 Å². The molecule has 1 aliphatic rings. The lowest BCUT2D eigenvalue weighted by Gasteiger charge is -2.22. The Morgan fingerprint density at radius 1 is 1.58 bits per heavy atom. The summed E-state index contributed by atoms with van der Waals surface area (Å²) in [7, 11) is 1.86. The molecule has 1 saturated carbocycles. The van der Waals surface area contributed by atoms with Crippen LogP contribution in [-0.4, -0.2) is 21.4 Å². The van der Waals surface area contributed by atoms with Gasteiger partial charge in [-0.15, -0.1) is 11.3 Å². The summed E-state index contributed by atoms with van der Waals surface area (Å²) in [5, 5.41) is 2.05. The van der Waals surface area contributed by atoms with Crippen molar-refractivity contribution in [2.75, 3.05) is 5.73 Å². The Bertz CT molecular complexity index is 584. The molecule has 0 saturated heterocycles. The lowest BCUT2D eigenvalue weighted by molar-refractivity contribution is 0.0722. The largest absolute Gasteiger partial charge is 0.397 e. The van der Waals surface area contributed by atoms with E-state index in [1.54, 1.807) is 23.6 Å². The molecule has 19 heavy (non-hydrogen) atoms. The summed E-state index contributed by atoms with van der Waals surface area (Å²) < 4.78 is 1.81. The van der Waals surface area contributed by atoms with Gasteiger partial charge in [0.1, 0.15) is 5.69 Å². The second-order valence-electron chi connectivity index (χ2n) is 5.01. The SMILES string of the molecule is Cn1cc(N)cc1C(=O)N(Cc1cccs1)C1CC1. The van der Waals surface area contributed by atoms with Crippen molar-refractivity contribution in [2.45, 2.75) is 25.4 Å². The second-order valence-corrected chi connectivity index (χ2v) is 6.05. The third-order valence-corrected chi connectivity index (χ3v) is 4.26. The van der Waals surface area contributed by atoms with Gasteiger partial charge in [0.25, 0.3) is 5.91 Å². The van der Waals surface area contributed by atoms with Crippen molar-refractivity contribution in [1.29, 1.82) is 0 Å². The van der Waals surface area contributed by atoms with Crippen molar-refractivity contribution in [2.24, 2.45) is 7.05 Å². The fraction of sp³-hybridized carbons (Fsp3) is 0.357. The molecule has 3 rings (SSSR count). The van der Waals surface area contributed by atoms with Crippen LogP contribution in [0.15, 0.2) is 29.8 Å². The average molecular weight is 275 g/mol. The number of carbonyl (C=O) groups excluding carboxylic acids is 1. The van der Waals surface area contributed by atoms with E-state index < -0.39 is 0 Å². The molecular weight excluding hydrogens is 258 g/mol. The van der Waals surface area contributed by atoms with E-state index in [1.165, 1.54) is 4.88 Å². The zero-order valence-corrected chi connectivity index (χ0v) is 11.7. The van der Waals surface area contributed by atoms with Crippen LogP contribution in [-0.2, 0) is 13.6 Å². The van der Waals surface area contributed by atoms with Gasteiger partial charge in [0.15, 0.2) is 0 Å². The summed E-state index contributed by atoms with van der Waals surface area (Å²) in [4.78, 5) is 15.8. The van der Waals surface area contributed by atoms with Gasteiger partial charge in [-0.2, -0.15) is 0 Å². The summed E-state index contributed by atoms with van der Waals surface area (Å²) in [6, 6.07) is 6.25. The maximum atomic E-state index is 12.6. The van der Waals surface area contributed by atoms with Crippen LogP contribution in [0.25, 0.3) is 0 Å². The number of anilines is 1. The van der Waals surface area contributed by atoms with E-state index in [2.05, 4.69) is 6.07 Å². The zero-order chi connectivity index (χ0) is 13.4. The molecule has 0 aliphatic heterocycles. The first-order valence-electron chi connectivity index (χ1n) is 6.40. The van der Waals surface area contributed by atoms with Crippen molar-refractivity contribution in [1.82, 2.24) is 9.47 Å². The third kappa shape index (κ3) is 2.51. The first kappa shape index (κ1) is 12.3. The van der Waals surface area contributed by atoms with Crippen LogP contribution in [0.4, 0.5) is 5.69 Å². The normalized spacial score (nSPS) is 14.6. The van der Waals surface area contributed by atoms with E-state index >= 15 is 0 Å². The summed E-state index contributed by atoms with van der Waals surface area (Å²) >= 11 is 1.69. The number of carbonyl (C=O) groups is 1. The number of hydrogen-bond donors (Lipinski definition) is 1. The fourth-order valence-corrected chi connectivity index (χ4v) is 2.98. The van der Waals surface area contributed by atoms with Crippen molar-refractivity contribution >= 4 is 22.9 Å². The summed E-state index contributed by atoms with van der Waals surface area (Å²) in [6.45, 7) is 0.701. The van der Waals surface area contributed by atoms with Crippen molar-refractivity contribution < 1.29 is 4.79 Å².